The molecule has 1 aromatic carbocycles. The summed E-state index contributed by atoms with van der Waals surface area (Å²) >= 11 is 2.09. The lowest BCUT2D eigenvalue weighted by atomic mass is 9.93. The van der Waals surface area contributed by atoms with Crippen molar-refractivity contribution in [3.8, 4) is 0 Å². The van der Waals surface area contributed by atoms with E-state index < -0.39 is 18.1 Å². The van der Waals surface area contributed by atoms with E-state index in [9.17, 15) is 13.2 Å². The van der Waals surface area contributed by atoms with Crippen LogP contribution in [0.5, 0.6) is 0 Å². The summed E-state index contributed by atoms with van der Waals surface area (Å²) < 4.78 is 44.7. The number of aliphatic imine (C=N–C) groups is 2. The molecule has 1 aromatic heterocycles. The molecule has 0 atom stereocenters. The largest absolute Gasteiger partial charge is 0.395 e. The maximum absolute atomic E-state index is 13.6. The summed E-state index contributed by atoms with van der Waals surface area (Å²) in [6.45, 7) is 19.5. The molecular weight excluding hydrogens is 626 g/mol. The Morgan fingerprint density at radius 3 is 2.28 bits per heavy atom. The number of allylic oxidation sites excluding steroid dienone is 2. The standard InChI is InChI=1S/C35H49F3N6S2/c1-9-17-28(32(46-41-8)42-24-34(5,6)35(36,37)38)31(40-7)27-20-14-13-19-26(27)18-12-10-11-15-23-44(25-33(2,3)4)29-21-16-22-30(43-29)45-39/h9,13-14,16-17,19-22H,7-8,10-12,15,18,23-25,39H2,1-6H3/b17-9-,31-28+,42-32?. The van der Waals surface area contributed by atoms with Crippen molar-refractivity contribution >= 4 is 53.9 Å². The van der Waals surface area contributed by atoms with Crippen molar-refractivity contribution in [3.05, 3.63) is 71.3 Å². The summed E-state index contributed by atoms with van der Waals surface area (Å²) in [6.07, 6.45) is 4.13. The Hall–Kier alpha value is -2.89. The molecule has 2 aromatic rings. The molecule has 11 heteroatoms. The molecule has 0 fully saturated rings. The fourth-order valence-corrected chi connectivity index (χ4v) is 5.56. The minimum absolute atomic E-state index is 0.118. The average Bonchev–Trinajstić information content (AvgIpc) is 2.99. The number of halogens is 3. The van der Waals surface area contributed by atoms with Gasteiger partial charge in [0.1, 0.15) is 15.9 Å². The quantitative estimate of drug-likeness (QED) is 0.0594. The lowest BCUT2D eigenvalue weighted by Gasteiger charge is -2.31. The lowest BCUT2D eigenvalue weighted by molar-refractivity contribution is -0.207. The maximum Gasteiger partial charge on any atom is 0.395 e. The van der Waals surface area contributed by atoms with Crippen LogP contribution in [-0.2, 0) is 6.42 Å². The van der Waals surface area contributed by atoms with Crippen molar-refractivity contribution in [3.63, 3.8) is 0 Å². The highest BCUT2D eigenvalue weighted by atomic mass is 32.2. The summed E-state index contributed by atoms with van der Waals surface area (Å²) in [4.78, 5) is 15.8. The van der Waals surface area contributed by atoms with Crippen LogP contribution in [-0.4, -0.2) is 49.3 Å². The highest BCUT2D eigenvalue weighted by molar-refractivity contribution is 8.13. The van der Waals surface area contributed by atoms with Crippen LogP contribution >= 0.6 is 23.9 Å². The molecule has 252 valence electrons. The zero-order chi connectivity index (χ0) is 34.4. The van der Waals surface area contributed by atoms with Crippen LogP contribution < -0.4 is 10.0 Å². The Kier molecular flexibility index (Phi) is 15.8. The first-order chi connectivity index (χ1) is 21.7. The van der Waals surface area contributed by atoms with E-state index in [2.05, 4.69) is 59.6 Å². The Morgan fingerprint density at radius 1 is 0.978 bits per heavy atom. The third-order valence-corrected chi connectivity index (χ3v) is 8.35. The van der Waals surface area contributed by atoms with Gasteiger partial charge in [0.25, 0.3) is 0 Å². The van der Waals surface area contributed by atoms with Crippen molar-refractivity contribution in [1.29, 1.82) is 0 Å². The smallest absolute Gasteiger partial charge is 0.356 e. The fraction of sp³-hybridized carbons (Fsp3) is 0.486. The number of benzene rings is 1. The minimum atomic E-state index is -4.40. The number of aromatic nitrogens is 1. The number of hydrogen-bond acceptors (Lipinski definition) is 8. The van der Waals surface area contributed by atoms with E-state index in [1.54, 1.807) is 12.2 Å². The molecule has 0 aliphatic carbocycles. The normalized spacial score (nSPS) is 13.6. The molecule has 46 heavy (non-hydrogen) atoms. The van der Waals surface area contributed by atoms with Gasteiger partial charge in [-0.05, 0) is 88.5 Å². The summed E-state index contributed by atoms with van der Waals surface area (Å²) in [5.74, 6) is 0.946. The molecular formula is C35H49F3N6S2. The van der Waals surface area contributed by atoms with Crippen LogP contribution in [0.15, 0.2) is 79.6 Å². The third-order valence-electron chi connectivity index (χ3n) is 7.23. The van der Waals surface area contributed by atoms with E-state index in [-0.39, 0.29) is 5.41 Å². The predicted octanol–water partition coefficient (Wildman–Crippen LogP) is 10.0. The van der Waals surface area contributed by atoms with E-state index in [0.717, 1.165) is 105 Å². The molecule has 0 saturated carbocycles. The topological polar surface area (TPSA) is 79.2 Å². The SMILES string of the molecule is C=NSC(=NCC(C)(C)C(F)(F)F)C(/C=C\C)=C(/N=C)c1ccccc1CCCCCCN(CC(C)(C)C)c1cccc(SN)n1. The number of alkyl halides is 3. The van der Waals surface area contributed by atoms with Crippen molar-refractivity contribution in [2.24, 2.45) is 30.4 Å². The highest BCUT2D eigenvalue weighted by Crippen LogP contribution is 2.38. The van der Waals surface area contributed by atoms with Crippen LogP contribution in [0, 0.1) is 10.8 Å². The summed E-state index contributed by atoms with van der Waals surface area (Å²) in [6, 6.07) is 13.9. The Labute approximate surface area is 282 Å². The second-order valence-electron chi connectivity index (χ2n) is 12.9. The van der Waals surface area contributed by atoms with Crippen LogP contribution in [0.4, 0.5) is 19.0 Å². The van der Waals surface area contributed by atoms with Gasteiger partial charge in [-0.2, -0.15) is 13.2 Å². The molecule has 0 saturated heterocycles. The second kappa shape index (κ2) is 18.4. The molecule has 2 rings (SSSR count). The van der Waals surface area contributed by atoms with Gasteiger partial charge in [0, 0.05) is 36.2 Å². The zero-order valence-electron chi connectivity index (χ0n) is 28.0. The van der Waals surface area contributed by atoms with E-state index in [0.29, 0.717) is 16.3 Å². The number of nitrogens with two attached hydrogens (primary N) is 1. The van der Waals surface area contributed by atoms with Crippen molar-refractivity contribution < 1.29 is 13.2 Å². The number of anilines is 1. The number of rotatable bonds is 17. The summed E-state index contributed by atoms with van der Waals surface area (Å²) in [5.41, 5.74) is 1.19. The first kappa shape index (κ1) is 39.3. The summed E-state index contributed by atoms with van der Waals surface area (Å²) in [5, 5.41) is 6.88. The van der Waals surface area contributed by atoms with Crippen molar-refractivity contribution in [2.45, 2.75) is 84.8 Å². The predicted molar refractivity (Wildman–Crippen MR) is 195 cm³/mol. The van der Waals surface area contributed by atoms with E-state index >= 15 is 0 Å². The van der Waals surface area contributed by atoms with Gasteiger partial charge in [0.15, 0.2) is 0 Å². The molecule has 0 amide bonds. The van der Waals surface area contributed by atoms with Gasteiger partial charge in [-0.25, -0.2) is 9.38 Å². The van der Waals surface area contributed by atoms with Gasteiger partial charge >= 0.3 is 6.18 Å². The highest BCUT2D eigenvalue weighted by Gasteiger charge is 2.47. The van der Waals surface area contributed by atoms with E-state index in [4.69, 9.17) is 10.1 Å². The molecule has 0 aliphatic rings. The van der Waals surface area contributed by atoms with E-state index in [1.165, 1.54) is 0 Å². The number of pyridine rings is 1. The van der Waals surface area contributed by atoms with E-state index in [1.807, 2.05) is 43.3 Å². The van der Waals surface area contributed by atoms with Gasteiger partial charge in [-0.3, -0.25) is 15.1 Å². The van der Waals surface area contributed by atoms with Crippen LogP contribution in [0.2, 0.25) is 0 Å². The number of nitrogens with zero attached hydrogens (tertiary/aromatic N) is 5. The first-order valence-electron chi connectivity index (χ1n) is 15.4. The second-order valence-corrected chi connectivity index (χ2v) is 14.4. The number of aryl methyl sites for hydroxylation is 1. The Balaban J connectivity index is 2.22. The van der Waals surface area contributed by atoms with Gasteiger partial charge in [0.2, 0.25) is 0 Å². The average molecular weight is 675 g/mol. The van der Waals surface area contributed by atoms with Gasteiger partial charge in [-0.1, -0.05) is 76.1 Å². The molecule has 2 N–H and O–H groups in total. The Bertz CT molecular complexity index is 1380. The zero-order valence-corrected chi connectivity index (χ0v) is 29.7. The van der Waals surface area contributed by atoms with Gasteiger partial charge < -0.3 is 4.90 Å². The number of hydrogen-bond donors (Lipinski definition) is 1. The molecule has 0 unspecified atom stereocenters. The van der Waals surface area contributed by atoms with Gasteiger partial charge in [0.05, 0.1) is 17.7 Å². The van der Waals surface area contributed by atoms with Crippen molar-refractivity contribution in [2.75, 3.05) is 24.5 Å². The monoisotopic (exact) mass is 674 g/mol. The van der Waals surface area contributed by atoms with Crippen LogP contribution in [0.1, 0.15) is 78.4 Å². The Morgan fingerprint density at radius 2 is 1.67 bits per heavy atom. The third kappa shape index (κ3) is 12.4. The molecule has 0 aliphatic heterocycles. The fourth-order valence-electron chi connectivity index (χ4n) is 4.75. The van der Waals surface area contributed by atoms with Crippen LogP contribution in [0.25, 0.3) is 5.70 Å². The minimum Gasteiger partial charge on any atom is -0.356 e. The summed E-state index contributed by atoms with van der Waals surface area (Å²) in [7, 11) is 0. The van der Waals surface area contributed by atoms with Crippen LogP contribution in [0.3, 0.4) is 0 Å². The number of unbranched alkanes of at least 4 members (excludes halogenated alkanes) is 3. The lowest BCUT2D eigenvalue weighted by Crippen LogP contribution is -2.35. The molecule has 6 nitrogen and oxygen atoms in total. The van der Waals surface area contributed by atoms with Gasteiger partial charge in [-0.15, -0.1) is 0 Å². The molecule has 0 bridgehead atoms. The molecule has 1 heterocycles. The van der Waals surface area contributed by atoms with Crippen molar-refractivity contribution in [1.82, 2.24) is 4.98 Å². The first-order valence-corrected chi connectivity index (χ1v) is 17.1. The maximum atomic E-state index is 13.6. The molecule has 0 spiro atoms. The molecule has 0 radical (unpaired) electrons.